The average Bonchev–Trinajstić information content (AvgIpc) is 3.25. The Morgan fingerprint density at radius 1 is 1.19 bits per heavy atom. The van der Waals surface area contributed by atoms with Gasteiger partial charge in [0.2, 0.25) is 11.1 Å². The molecule has 0 aliphatic rings. The third-order valence-electron chi connectivity index (χ3n) is 4.36. The number of tetrazole rings is 1. The molecule has 0 fully saturated rings. The second kappa shape index (κ2) is 10.7. The predicted octanol–water partition coefficient (Wildman–Crippen LogP) is 2.81. The number of aromatic nitrogens is 4. The van der Waals surface area contributed by atoms with E-state index in [4.69, 9.17) is 9.47 Å². The van der Waals surface area contributed by atoms with Gasteiger partial charge < -0.3 is 14.4 Å². The van der Waals surface area contributed by atoms with Gasteiger partial charge in [-0.3, -0.25) is 9.59 Å². The molecule has 0 N–H and O–H groups in total. The number of hydrogen-bond donors (Lipinski definition) is 0. The van der Waals surface area contributed by atoms with Crippen molar-refractivity contribution in [3.8, 4) is 11.4 Å². The van der Waals surface area contributed by atoms with Gasteiger partial charge in [-0.25, -0.2) is 4.39 Å². The zero-order valence-corrected chi connectivity index (χ0v) is 18.6. The fourth-order valence-electron chi connectivity index (χ4n) is 2.87. The smallest absolute Gasteiger partial charge is 0.326 e. The Labute approximate surface area is 188 Å². The minimum absolute atomic E-state index is 0.0642. The number of carbonyl (C=O) groups is 2. The molecule has 9 nitrogen and oxygen atoms in total. The molecule has 0 saturated heterocycles. The molecule has 32 heavy (non-hydrogen) atoms. The first kappa shape index (κ1) is 23.2. The SMILES string of the molecule is CCOC(=O)CN(C(=O)CSc1nnnn1-c1cc(C)ccc1OC)c1ccc(F)cc1. The van der Waals surface area contributed by atoms with Crippen molar-refractivity contribution in [1.29, 1.82) is 0 Å². The number of hydrogen-bond acceptors (Lipinski definition) is 8. The number of benzene rings is 2. The molecule has 0 saturated carbocycles. The summed E-state index contributed by atoms with van der Waals surface area (Å²) in [4.78, 5) is 26.3. The van der Waals surface area contributed by atoms with Crippen molar-refractivity contribution in [2.24, 2.45) is 0 Å². The summed E-state index contributed by atoms with van der Waals surface area (Å²) in [7, 11) is 1.55. The highest BCUT2D eigenvalue weighted by molar-refractivity contribution is 7.99. The molecule has 1 amide bonds. The largest absolute Gasteiger partial charge is 0.494 e. The van der Waals surface area contributed by atoms with Gasteiger partial charge in [-0.1, -0.05) is 17.8 Å². The van der Waals surface area contributed by atoms with E-state index in [1.807, 2.05) is 25.1 Å². The van der Waals surface area contributed by atoms with Gasteiger partial charge in [0.25, 0.3) is 0 Å². The Bertz CT molecular complexity index is 1090. The maximum absolute atomic E-state index is 13.3. The standard InChI is InChI=1S/C21H22FN5O4S/c1-4-31-20(29)12-26(16-8-6-15(22)7-9-16)19(28)13-32-21-23-24-25-27(21)17-11-14(2)5-10-18(17)30-3/h5-11H,4,12-13H2,1-3H3. The molecule has 1 aromatic heterocycles. The number of nitrogens with zero attached hydrogens (tertiary/aromatic N) is 5. The fourth-order valence-corrected chi connectivity index (χ4v) is 3.63. The monoisotopic (exact) mass is 459 g/mol. The number of rotatable bonds is 9. The first-order chi connectivity index (χ1) is 15.4. The Morgan fingerprint density at radius 3 is 2.62 bits per heavy atom. The highest BCUT2D eigenvalue weighted by atomic mass is 32.2. The molecule has 0 spiro atoms. The van der Waals surface area contributed by atoms with Crippen LogP contribution in [-0.4, -0.2) is 58.1 Å². The summed E-state index contributed by atoms with van der Waals surface area (Å²) in [6, 6.07) is 10.9. The number of methoxy groups -OCH3 is 1. The van der Waals surface area contributed by atoms with Crippen LogP contribution >= 0.6 is 11.8 Å². The minimum atomic E-state index is -0.565. The molecule has 0 aliphatic carbocycles. The molecule has 0 aliphatic heterocycles. The Hall–Kier alpha value is -3.47. The van der Waals surface area contributed by atoms with Crippen molar-refractivity contribution < 1.29 is 23.5 Å². The summed E-state index contributed by atoms with van der Waals surface area (Å²) in [6.45, 7) is 3.50. The second-order valence-electron chi connectivity index (χ2n) is 6.60. The summed E-state index contributed by atoms with van der Waals surface area (Å²) in [5.74, 6) is -0.889. The maximum atomic E-state index is 13.3. The normalized spacial score (nSPS) is 10.6. The van der Waals surface area contributed by atoms with Crippen LogP contribution in [0.2, 0.25) is 0 Å². The van der Waals surface area contributed by atoms with Crippen LogP contribution in [0.3, 0.4) is 0 Å². The Morgan fingerprint density at radius 2 is 1.94 bits per heavy atom. The summed E-state index contributed by atoms with van der Waals surface area (Å²) in [5, 5.41) is 12.1. The Kier molecular flexibility index (Phi) is 7.77. The highest BCUT2D eigenvalue weighted by Gasteiger charge is 2.22. The van der Waals surface area contributed by atoms with E-state index in [-0.39, 0.29) is 24.8 Å². The molecular weight excluding hydrogens is 437 g/mol. The van der Waals surface area contributed by atoms with Crippen molar-refractivity contribution in [2.45, 2.75) is 19.0 Å². The van der Waals surface area contributed by atoms with Crippen LogP contribution in [0.4, 0.5) is 10.1 Å². The molecule has 3 aromatic rings. The van der Waals surface area contributed by atoms with Gasteiger partial charge in [-0.05, 0) is 66.2 Å². The molecule has 0 unspecified atom stereocenters. The third kappa shape index (κ3) is 5.61. The number of esters is 1. The third-order valence-corrected chi connectivity index (χ3v) is 5.26. The lowest BCUT2D eigenvalue weighted by molar-refractivity contribution is -0.142. The molecule has 168 valence electrons. The fraction of sp³-hybridized carbons (Fsp3) is 0.286. The topological polar surface area (TPSA) is 99.4 Å². The number of carbonyl (C=O) groups excluding carboxylic acids is 2. The zero-order valence-electron chi connectivity index (χ0n) is 17.8. The van der Waals surface area contributed by atoms with E-state index >= 15 is 0 Å². The van der Waals surface area contributed by atoms with E-state index in [1.165, 1.54) is 33.8 Å². The number of ether oxygens (including phenoxy) is 2. The van der Waals surface area contributed by atoms with E-state index in [9.17, 15) is 14.0 Å². The van der Waals surface area contributed by atoms with Gasteiger partial charge in [0.05, 0.1) is 19.5 Å². The van der Waals surface area contributed by atoms with Crippen LogP contribution in [0.5, 0.6) is 5.75 Å². The number of amides is 1. The minimum Gasteiger partial charge on any atom is -0.494 e. The van der Waals surface area contributed by atoms with Crippen LogP contribution in [0.25, 0.3) is 5.69 Å². The van der Waals surface area contributed by atoms with Crippen LogP contribution in [0.1, 0.15) is 12.5 Å². The molecule has 0 atom stereocenters. The lowest BCUT2D eigenvalue weighted by atomic mass is 10.2. The van der Waals surface area contributed by atoms with Crippen LogP contribution in [0.15, 0.2) is 47.6 Å². The van der Waals surface area contributed by atoms with E-state index in [1.54, 1.807) is 14.0 Å². The van der Waals surface area contributed by atoms with E-state index < -0.39 is 11.8 Å². The number of aryl methyl sites for hydroxylation is 1. The molecule has 3 rings (SSSR count). The van der Waals surface area contributed by atoms with Crippen LogP contribution in [-0.2, 0) is 14.3 Å². The quantitative estimate of drug-likeness (QED) is 0.356. The highest BCUT2D eigenvalue weighted by Crippen LogP contribution is 2.27. The summed E-state index contributed by atoms with van der Waals surface area (Å²) < 4.78 is 25.2. The van der Waals surface area contributed by atoms with E-state index in [0.29, 0.717) is 22.3 Å². The lowest BCUT2D eigenvalue weighted by Crippen LogP contribution is -2.37. The molecule has 2 aromatic carbocycles. The lowest BCUT2D eigenvalue weighted by Gasteiger charge is -2.21. The number of halogens is 1. The molecule has 0 radical (unpaired) electrons. The van der Waals surface area contributed by atoms with Crippen molar-refractivity contribution in [1.82, 2.24) is 20.2 Å². The first-order valence-electron chi connectivity index (χ1n) is 9.70. The van der Waals surface area contributed by atoms with E-state index in [2.05, 4.69) is 15.5 Å². The van der Waals surface area contributed by atoms with Gasteiger partial charge in [0.1, 0.15) is 23.8 Å². The van der Waals surface area contributed by atoms with Gasteiger partial charge in [-0.15, -0.1) is 5.10 Å². The van der Waals surface area contributed by atoms with E-state index in [0.717, 1.165) is 17.3 Å². The summed E-state index contributed by atoms with van der Waals surface area (Å²) in [5.41, 5.74) is 2.00. The Balaban J connectivity index is 1.80. The number of anilines is 1. The molecule has 1 heterocycles. The molecule has 11 heteroatoms. The average molecular weight is 460 g/mol. The van der Waals surface area contributed by atoms with Gasteiger partial charge >= 0.3 is 5.97 Å². The van der Waals surface area contributed by atoms with Crippen LogP contribution < -0.4 is 9.64 Å². The van der Waals surface area contributed by atoms with Gasteiger partial charge in [0, 0.05) is 5.69 Å². The first-order valence-corrected chi connectivity index (χ1v) is 10.7. The van der Waals surface area contributed by atoms with Crippen LogP contribution in [0, 0.1) is 12.7 Å². The summed E-state index contributed by atoms with van der Waals surface area (Å²) in [6.07, 6.45) is 0. The molecule has 0 bridgehead atoms. The van der Waals surface area contributed by atoms with Crippen molar-refractivity contribution >= 4 is 29.3 Å². The summed E-state index contributed by atoms with van der Waals surface area (Å²) >= 11 is 1.10. The van der Waals surface area contributed by atoms with Crippen molar-refractivity contribution in [3.63, 3.8) is 0 Å². The van der Waals surface area contributed by atoms with Gasteiger partial charge in [0.15, 0.2) is 0 Å². The molecular formula is C21H22FN5O4S. The van der Waals surface area contributed by atoms with Gasteiger partial charge in [-0.2, -0.15) is 4.68 Å². The predicted molar refractivity (Wildman–Crippen MR) is 117 cm³/mol. The maximum Gasteiger partial charge on any atom is 0.326 e. The van der Waals surface area contributed by atoms with Crippen molar-refractivity contribution in [2.75, 3.05) is 30.9 Å². The van der Waals surface area contributed by atoms with Crippen molar-refractivity contribution in [3.05, 3.63) is 53.8 Å². The zero-order chi connectivity index (χ0) is 23.1. The second-order valence-corrected chi connectivity index (χ2v) is 7.54. The number of thioether (sulfide) groups is 1.